The van der Waals surface area contributed by atoms with E-state index in [4.69, 9.17) is 15.7 Å². The lowest BCUT2D eigenvalue weighted by Gasteiger charge is -2.23. The SMILES string of the molecule is C=C(C)O.CN1C=NOC1C1(F)CC1.C[C@@H]1CCCN1C(=O)CC(N)Cc1cc(F)c(F)cc1F. The van der Waals surface area contributed by atoms with Gasteiger partial charge in [0.1, 0.15) is 12.2 Å². The quantitative estimate of drug-likeness (QED) is 0.358. The fourth-order valence-electron chi connectivity index (χ4n) is 3.84. The number of alkyl halides is 1. The molecule has 7 nitrogen and oxygen atoms in total. The second-order valence-electron chi connectivity index (χ2n) is 9.22. The number of benzene rings is 1. The number of likely N-dealkylation sites (tertiary alicyclic amines) is 1. The first kappa shape index (κ1) is 28.4. The van der Waals surface area contributed by atoms with E-state index < -0.39 is 35.4 Å². The number of nitrogens with two attached hydrogens (primary N) is 1. The summed E-state index contributed by atoms with van der Waals surface area (Å²) in [5.41, 5.74) is 4.72. The van der Waals surface area contributed by atoms with Crippen molar-refractivity contribution >= 4 is 12.2 Å². The van der Waals surface area contributed by atoms with Crippen molar-refractivity contribution in [1.29, 1.82) is 0 Å². The zero-order valence-corrected chi connectivity index (χ0v) is 20.3. The Kier molecular flexibility index (Phi) is 9.93. The molecule has 2 fully saturated rings. The smallest absolute Gasteiger partial charge is 0.234 e. The molecule has 2 unspecified atom stereocenters. The lowest BCUT2D eigenvalue weighted by atomic mass is 10.0. The molecule has 1 saturated heterocycles. The fourth-order valence-corrected chi connectivity index (χ4v) is 3.84. The molecule has 3 atom stereocenters. The summed E-state index contributed by atoms with van der Waals surface area (Å²) in [7, 11) is 1.76. The number of hydrogen-bond donors (Lipinski definition) is 2. The number of halogens is 4. The lowest BCUT2D eigenvalue weighted by molar-refractivity contribution is -0.132. The van der Waals surface area contributed by atoms with Crippen LogP contribution in [0.1, 0.15) is 51.5 Å². The summed E-state index contributed by atoms with van der Waals surface area (Å²) in [6, 6.07) is 0.879. The summed E-state index contributed by atoms with van der Waals surface area (Å²) >= 11 is 0. The molecule has 196 valence electrons. The van der Waals surface area contributed by atoms with Crippen LogP contribution in [0.5, 0.6) is 0 Å². The molecule has 1 aromatic carbocycles. The predicted molar refractivity (Wildman–Crippen MR) is 125 cm³/mol. The van der Waals surface area contributed by atoms with Gasteiger partial charge in [0.05, 0.1) is 5.76 Å². The van der Waals surface area contributed by atoms with Crippen LogP contribution in [0.15, 0.2) is 29.6 Å². The summed E-state index contributed by atoms with van der Waals surface area (Å²) in [5.74, 6) is -3.09. The molecule has 0 bridgehead atoms. The van der Waals surface area contributed by atoms with Crippen molar-refractivity contribution in [1.82, 2.24) is 9.80 Å². The number of amides is 1. The van der Waals surface area contributed by atoms with E-state index in [1.165, 1.54) is 13.3 Å². The van der Waals surface area contributed by atoms with Crippen LogP contribution in [0.3, 0.4) is 0 Å². The number of rotatable bonds is 5. The van der Waals surface area contributed by atoms with E-state index in [2.05, 4.69) is 11.7 Å². The zero-order valence-electron chi connectivity index (χ0n) is 20.3. The third kappa shape index (κ3) is 8.41. The Balaban J connectivity index is 0.000000253. The summed E-state index contributed by atoms with van der Waals surface area (Å²) in [5, 5.41) is 11.4. The number of nitrogens with zero attached hydrogens (tertiary/aromatic N) is 3. The van der Waals surface area contributed by atoms with Crippen molar-refractivity contribution in [2.24, 2.45) is 10.9 Å². The van der Waals surface area contributed by atoms with Crippen LogP contribution in [0.4, 0.5) is 17.6 Å². The number of aliphatic hydroxyl groups excluding tert-OH is 1. The van der Waals surface area contributed by atoms with Gasteiger partial charge >= 0.3 is 0 Å². The lowest BCUT2D eigenvalue weighted by Crippen LogP contribution is -2.38. The van der Waals surface area contributed by atoms with Gasteiger partial charge in [0, 0.05) is 38.2 Å². The highest BCUT2D eigenvalue weighted by Gasteiger charge is 2.55. The molecular weight excluding hydrogens is 468 g/mol. The fraction of sp³-hybridized carbons (Fsp3) is 0.583. The van der Waals surface area contributed by atoms with E-state index in [-0.39, 0.29) is 36.1 Å². The number of allylic oxidation sites excluding steroid dienone is 1. The minimum atomic E-state index is -1.23. The standard InChI is InChI=1S/C15H19F3N2O.C6H9FN2O.C3H6O/c1-9-3-2-4-20(9)15(21)7-11(19)5-10-6-13(17)14(18)8-12(10)16;1-9-4-8-10-5(9)6(7)2-3-6;1-3(2)4/h6,8-9,11H,2-5,7,19H2,1H3;4-5H,2-3H2,1H3;4H,1H2,2H3/t9-,11?;;/m1../s1. The zero-order chi connectivity index (χ0) is 26.3. The third-order valence-corrected chi connectivity index (χ3v) is 5.81. The Morgan fingerprint density at radius 1 is 1.31 bits per heavy atom. The first-order valence-electron chi connectivity index (χ1n) is 11.5. The monoisotopic (exact) mass is 502 g/mol. The maximum atomic E-state index is 13.5. The van der Waals surface area contributed by atoms with Gasteiger partial charge in [-0.15, -0.1) is 0 Å². The van der Waals surface area contributed by atoms with Crippen LogP contribution >= 0.6 is 0 Å². The Morgan fingerprint density at radius 3 is 2.40 bits per heavy atom. The molecule has 1 aromatic rings. The first-order chi connectivity index (χ1) is 16.3. The molecule has 1 aliphatic carbocycles. The largest absolute Gasteiger partial charge is 0.513 e. The van der Waals surface area contributed by atoms with Crippen molar-refractivity contribution < 1.29 is 32.3 Å². The normalized spacial score (nSPS) is 22.4. The second-order valence-corrected chi connectivity index (χ2v) is 9.22. The number of oxime groups is 1. The average molecular weight is 503 g/mol. The molecule has 11 heteroatoms. The van der Waals surface area contributed by atoms with Crippen LogP contribution in [0, 0.1) is 17.5 Å². The van der Waals surface area contributed by atoms with E-state index in [9.17, 15) is 22.4 Å². The predicted octanol–water partition coefficient (Wildman–Crippen LogP) is 4.17. The third-order valence-electron chi connectivity index (χ3n) is 5.81. The van der Waals surface area contributed by atoms with Gasteiger partial charge in [0.25, 0.3) is 0 Å². The summed E-state index contributed by atoms with van der Waals surface area (Å²) in [4.78, 5) is 20.3. The van der Waals surface area contributed by atoms with Crippen LogP contribution in [-0.4, -0.2) is 64.7 Å². The Bertz CT molecular complexity index is 922. The van der Waals surface area contributed by atoms with Gasteiger partial charge < -0.3 is 25.5 Å². The van der Waals surface area contributed by atoms with E-state index >= 15 is 0 Å². The highest BCUT2D eigenvalue weighted by Crippen LogP contribution is 2.45. The minimum absolute atomic E-state index is 0.00298. The highest BCUT2D eigenvalue weighted by molar-refractivity contribution is 5.77. The van der Waals surface area contributed by atoms with Gasteiger partial charge in [-0.3, -0.25) is 4.79 Å². The van der Waals surface area contributed by atoms with E-state index in [0.717, 1.165) is 18.9 Å². The molecular formula is C24H34F4N4O3. The molecule has 1 amide bonds. The van der Waals surface area contributed by atoms with Gasteiger partial charge in [0.2, 0.25) is 12.1 Å². The highest BCUT2D eigenvalue weighted by atomic mass is 19.2. The summed E-state index contributed by atoms with van der Waals surface area (Å²) < 4.78 is 52.7. The van der Waals surface area contributed by atoms with Crippen molar-refractivity contribution in [3.05, 3.63) is 47.5 Å². The molecule has 3 N–H and O–H groups in total. The first-order valence-corrected chi connectivity index (χ1v) is 11.5. The van der Waals surface area contributed by atoms with E-state index in [0.29, 0.717) is 25.5 Å². The summed E-state index contributed by atoms with van der Waals surface area (Å²) in [6.07, 6.45) is 4.26. The van der Waals surface area contributed by atoms with Gasteiger partial charge in [0.15, 0.2) is 17.3 Å². The Morgan fingerprint density at radius 2 is 1.91 bits per heavy atom. The number of carbonyl (C=O) groups is 1. The van der Waals surface area contributed by atoms with Gasteiger partial charge in [-0.1, -0.05) is 11.7 Å². The van der Waals surface area contributed by atoms with Crippen LogP contribution in [-0.2, 0) is 16.1 Å². The Hall–Kier alpha value is -2.82. The van der Waals surface area contributed by atoms with E-state index in [1.807, 2.05) is 6.92 Å². The van der Waals surface area contributed by atoms with Crippen molar-refractivity contribution in [2.75, 3.05) is 13.6 Å². The van der Waals surface area contributed by atoms with Crippen molar-refractivity contribution in [3.8, 4) is 0 Å². The second kappa shape index (κ2) is 12.2. The van der Waals surface area contributed by atoms with Gasteiger partial charge in [-0.2, -0.15) is 0 Å². The van der Waals surface area contributed by atoms with Gasteiger partial charge in [-0.05, 0) is 57.6 Å². The molecule has 4 rings (SSSR count). The average Bonchev–Trinajstić information content (AvgIpc) is 3.12. The molecule has 3 aliphatic rings. The Labute approximate surface area is 203 Å². The molecule has 2 heterocycles. The number of aliphatic hydroxyl groups is 1. The molecule has 0 radical (unpaired) electrons. The molecule has 0 spiro atoms. The minimum Gasteiger partial charge on any atom is -0.513 e. The number of hydrogen-bond acceptors (Lipinski definition) is 6. The van der Waals surface area contributed by atoms with Crippen LogP contribution in [0.2, 0.25) is 0 Å². The molecule has 1 saturated carbocycles. The maximum absolute atomic E-state index is 13.5. The molecule has 2 aliphatic heterocycles. The van der Waals surface area contributed by atoms with Crippen LogP contribution in [0.25, 0.3) is 0 Å². The van der Waals surface area contributed by atoms with E-state index in [1.54, 1.807) is 16.8 Å². The molecule has 0 aromatic heterocycles. The van der Waals surface area contributed by atoms with Gasteiger partial charge in [-0.25, -0.2) is 17.6 Å². The van der Waals surface area contributed by atoms with Crippen molar-refractivity contribution in [2.45, 2.75) is 76.4 Å². The number of carbonyl (C=O) groups excluding carboxylic acids is 1. The molecule has 35 heavy (non-hydrogen) atoms. The van der Waals surface area contributed by atoms with Crippen molar-refractivity contribution in [3.63, 3.8) is 0 Å². The summed E-state index contributed by atoms with van der Waals surface area (Å²) in [6.45, 7) is 7.33. The topological polar surface area (TPSA) is 91.4 Å². The van der Waals surface area contributed by atoms with Crippen LogP contribution < -0.4 is 5.73 Å². The maximum Gasteiger partial charge on any atom is 0.234 e.